The summed E-state index contributed by atoms with van der Waals surface area (Å²) in [6.45, 7) is 5.40. The number of carbonyl (C=O) groups is 2. The lowest BCUT2D eigenvalue weighted by molar-refractivity contribution is -0.144. The molecule has 0 bridgehead atoms. The first-order valence-corrected chi connectivity index (χ1v) is 8.20. The predicted octanol–water partition coefficient (Wildman–Crippen LogP) is 4.59. The van der Waals surface area contributed by atoms with Crippen LogP contribution in [0.15, 0.2) is 48.5 Å². The molecule has 2 aromatic rings. The van der Waals surface area contributed by atoms with E-state index in [0.29, 0.717) is 10.8 Å². The minimum absolute atomic E-state index is 0.461. The maximum atomic E-state index is 10.4. The van der Waals surface area contributed by atoms with Crippen LogP contribution in [0.25, 0.3) is 6.08 Å². The van der Waals surface area contributed by atoms with Gasteiger partial charge in [-0.25, -0.2) is 9.59 Å². The molecule has 0 aliphatic carbocycles. The molecule has 0 spiro atoms. The van der Waals surface area contributed by atoms with Crippen molar-refractivity contribution in [2.24, 2.45) is 0 Å². The summed E-state index contributed by atoms with van der Waals surface area (Å²) in [6, 6.07) is 12.6. The first kappa shape index (κ1) is 21.3. The number of rotatable bonds is 5. The van der Waals surface area contributed by atoms with Crippen molar-refractivity contribution in [3.8, 4) is 5.75 Å². The van der Waals surface area contributed by atoms with Crippen LogP contribution < -0.4 is 4.74 Å². The highest BCUT2D eigenvalue weighted by Gasteiger charge is 2.11. The Kier molecular flexibility index (Phi) is 8.38. The van der Waals surface area contributed by atoms with Gasteiger partial charge in [0.15, 0.2) is 6.10 Å². The van der Waals surface area contributed by atoms with Gasteiger partial charge >= 0.3 is 11.9 Å². The number of hydrogen-bond acceptors (Lipinski definition) is 3. The first-order valence-electron chi connectivity index (χ1n) is 7.82. The van der Waals surface area contributed by atoms with E-state index >= 15 is 0 Å². The van der Waals surface area contributed by atoms with Crippen molar-refractivity contribution in [2.45, 2.75) is 26.9 Å². The van der Waals surface area contributed by atoms with Crippen molar-refractivity contribution in [3.05, 3.63) is 70.3 Å². The maximum absolute atomic E-state index is 10.4. The number of ether oxygens (including phenoxy) is 1. The van der Waals surface area contributed by atoms with Crippen molar-refractivity contribution in [2.75, 3.05) is 0 Å². The van der Waals surface area contributed by atoms with Crippen molar-refractivity contribution in [3.63, 3.8) is 0 Å². The summed E-state index contributed by atoms with van der Waals surface area (Å²) in [5.41, 5.74) is 3.18. The van der Waals surface area contributed by atoms with Crippen LogP contribution in [-0.2, 0) is 9.59 Å². The third-order valence-electron chi connectivity index (χ3n) is 3.30. The average molecular weight is 377 g/mol. The molecule has 2 N–H and O–H groups in total. The minimum atomic E-state index is -1.00. The molecule has 1 unspecified atom stereocenters. The van der Waals surface area contributed by atoms with Gasteiger partial charge in [-0.1, -0.05) is 41.4 Å². The highest BCUT2D eigenvalue weighted by Crippen LogP contribution is 2.18. The van der Waals surface area contributed by atoms with Gasteiger partial charge in [-0.2, -0.15) is 0 Å². The van der Waals surface area contributed by atoms with E-state index in [4.69, 9.17) is 26.6 Å². The molecule has 138 valence electrons. The maximum Gasteiger partial charge on any atom is 0.344 e. The van der Waals surface area contributed by atoms with Gasteiger partial charge in [0.25, 0.3) is 0 Å². The number of halogens is 1. The van der Waals surface area contributed by atoms with E-state index in [2.05, 4.69) is 0 Å². The molecule has 0 saturated heterocycles. The van der Waals surface area contributed by atoms with Crippen LogP contribution in [0.3, 0.4) is 0 Å². The highest BCUT2D eigenvalue weighted by molar-refractivity contribution is 6.30. The Hall–Kier alpha value is -2.79. The Bertz CT molecular complexity index is 799. The molecule has 0 heterocycles. The molecule has 0 fully saturated rings. The van der Waals surface area contributed by atoms with Gasteiger partial charge < -0.3 is 14.9 Å². The molecule has 6 heteroatoms. The summed E-state index contributed by atoms with van der Waals surface area (Å²) in [5, 5.41) is 17.5. The minimum Gasteiger partial charge on any atom is -0.479 e. The lowest BCUT2D eigenvalue weighted by Gasteiger charge is -2.09. The summed E-state index contributed by atoms with van der Waals surface area (Å²) in [7, 11) is 0. The third-order valence-corrected chi connectivity index (χ3v) is 3.53. The molecule has 5 nitrogen and oxygen atoms in total. The number of aliphatic carboxylic acids is 2. The van der Waals surface area contributed by atoms with Crippen molar-refractivity contribution in [1.29, 1.82) is 0 Å². The molecule has 0 radical (unpaired) electrons. The standard InChI is InChI=1S/C11H12O2.C9H9ClO3/c1-8-3-4-9(2)10(7-8)5-6-11(12)13;1-6(9(11)12)13-8-4-2-3-7(10)5-8/h3-7H,1-2H3,(H,12,13);2-6H,1H3,(H,11,12)/b6-5+;. The van der Waals surface area contributed by atoms with Crippen molar-refractivity contribution < 1.29 is 24.5 Å². The van der Waals surface area contributed by atoms with Gasteiger partial charge in [0, 0.05) is 11.1 Å². The second kappa shape index (κ2) is 10.3. The Labute approximate surface area is 157 Å². The lowest BCUT2D eigenvalue weighted by Crippen LogP contribution is -2.22. The fourth-order valence-corrected chi connectivity index (χ4v) is 2.08. The predicted molar refractivity (Wildman–Crippen MR) is 102 cm³/mol. The number of benzene rings is 2. The molecule has 0 saturated carbocycles. The van der Waals surface area contributed by atoms with Crippen molar-refractivity contribution >= 4 is 29.6 Å². The van der Waals surface area contributed by atoms with Gasteiger partial charge in [0.1, 0.15) is 5.75 Å². The Balaban J connectivity index is 0.000000260. The van der Waals surface area contributed by atoms with Gasteiger partial charge in [0.05, 0.1) is 0 Å². The fraction of sp³-hybridized carbons (Fsp3) is 0.200. The normalized spacial score (nSPS) is 11.4. The summed E-state index contributed by atoms with van der Waals surface area (Å²) in [5.74, 6) is -1.46. The van der Waals surface area contributed by atoms with E-state index in [9.17, 15) is 9.59 Å². The van der Waals surface area contributed by atoms with Gasteiger partial charge in [-0.15, -0.1) is 0 Å². The Morgan fingerprint density at radius 1 is 1.12 bits per heavy atom. The van der Waals surface area contributed by atoms with E-state index in [0.717, 1.165) is 22.8 Å². The SMILES string of the molecule is CC(Oc1cccc(Cl)c1)C(=O)O.Cc1ccc(C)c(/C=C/C(=O)O)c1. The van der Waals surface area contributed by atoms with Crippen LogP contribution in [-0.4, -0.2) is 28.3 Å². The topological polar surface area (TPSA) is 83.8 Å². The number of carboxylic acid groups (broad SMARTS) is 2. The van der Waals surface area contributed by atoms with Gasteiger partial charge in [-0.3, -0.25) is 0 Å². The third kappa shape index (κ3) is 7.85. The zero-order valence-corrected chi connectivity index (χ0v) is 15.5. The summed E-state index contributed by atoms with van der Waals surface area (Å²) >= 11 is 5.68. The van der Waals surface area contributed by atoms with Crippen LogP contribution in [0.5, 0.6) is 5.75 Å². The van der Waals surface area contributed by atoms with Crippen molar-refractivity contribution in [1.82, 2.24) is 0 Å². The Morgan fingerprint density at radius 3 is 2.38 bits per heavy atom. The van der Waals surface area contributed by atoms with Crippen LogP contribution in [0.2, 0.25) is 5.02 Å². The quantitative estimate of drug-likeness (QED) is 0.745. The second-order valence-corrected chi connectivity index (χ2v) is 6.02. The molecule has 0 aromatic heterocycles. The smallest absolute Gasteiger partial charge is 0.344 e. The molecule has 0 amide bonds. The van der Waals surface area contributed by atoms with Gasteiger partial charge in [-0.05, 0) is 56.2 Å². The lowest BCUT2D eigenvalue weighted by atomic mass is 10.1. The van der Waals surface area contributed by atoms with E-state index < -0.39 is 18.0 Å². The molecule has 2 aromatic carbocycles. The van der Waals surface area contributed by atoms with Crippen LogP contribution in [0.4, 0.5) is 0 Å². The molecule has 1 atom stereocenters. The summed E-state index contributed by atoms with van der Waals surface area (Å²) in [4.78, 5) is 20.7. The Morgan fingerprint density at radius 2 is 1.81 bits per heavy atom. The highest BCUT2D eigenvalue weighted by atomic mass is 35.5. The molecule has 0 aliphatic rings. The summed E-state index contributed by atoms with van der Waals surface area (Å²) in [6.07, 6.45) is 1.91. The second-order valence-electron chi connectivity index (χ2n) is 5.59. The number of carboxylic acids is 2. The van der Waals surface area contributed by atoms with E-state index in [-0.39, 0.29) is 0 Å². The van der Waals surface area contributed by atoms with E-state index in [1.807, 2.05) is 32.0 Å². The fourth-order valence-electron chi connectivity index (χ4n) is 1.90. The molecule has 2 rings (SSSR count). The van der Waals surface area contributed by atoms with Gasteiger partial charge in [0.2, 0.25) is 0 Å². The zero-order valence-electron chi connectivity index (χ0n) is 14.8. The number of hydrogen-bond donors (Lipinski definition) is 2. The summed E-state index contributed by atoms with van der Waals surface area (Å²) < 4.78 is 5.07. The molecular formula is C20H21ClO5. The average Bonchev–Trinajstić information content (AvgIpc) is 2.56. The van der Waals surface area contributed by atoms with E-state index in [1.165, 1.54) is 6.92 Å². The van der Waals surface area contributed by atoms with E-state index in [1.54, 1.807) is 30.3 Å². The number of aryl methyl sites for hydroxylation is 2. The molecule has 26 heavy (non-hydrogen) atoms. The first-order chi connectivity index (χ1) is 12.2. The van der Waals surface area contributed by atoms with Crippen LogP contribution in [0, 0.1) is 13.8 Å². The zero-order chi connectivity index (χ0) is 19.7. The molecule has 0 aliphatic heterocycles. The van der Waals surface area contributed by atoms with Crippen LogP contribution in [0.1, 0.15) is 23.6 Å². The van der Waals surface area contributed by atoms with Crippen LogP contribution >= 0.6 is 11.6 Å². The molecular weight excluding hydrogens is 356 g/mol. The largest absolute Gasteiger partial charge is 0.479 e. The monoisotopic (exact) mass is 376 g/mol.